The predicted molar refractivity (Wildman–Crippen MR) is 76.9 cm³/mol. The van der Waals surface area contributed by atoms with E-state index in [0.29, 0.717) is 17.3 Å². The number of hydrogen-bond donors (Lipinski definition) is 3. The molecule has 0 saturated carbocycles. The van der Waals surface area contributed by atoms with E-state index in [1.807, 2.05) is 0 Å². The molecule has 0 fully saturated rings. The second-order valence-corrected chi connectivity index (χ2v) is 5.82. The summed E-state index contributed by atoms with van der Waals surface area (Å²) in [4.78, 5) is 21.4. The highest BCUT2D eigenvalue weighted by atomic mass is 32.2. The second kappa shape index (κ2) is 7.04. The van der Waals surface area contributed by atoms with Crippen molar-refractivity contribution in [3.05, 3.63) is 29.8 Å². The van der Waals surface area contributed by atoms with E-state index < -0.39 is 22.7 Å². The largest absolute Gasteiger partial charge is 0.480 e. The number of amides is 1. The number of nitrogens with one attached hydrogen (secondary N) is 1. The molecule has 0 aromatic heterocycles. The first kappa shape index (κ1) is 16.9. The molecule has 0 bridgehead atoms. The summed E-state index contributed by atoms with van der Waals surface area (Å²) in [5, 5.41) is 16.4. The third-order valence-electron chi connectivity index (χ3n) is 2.60. The molecular weight excluding hydrogens is 298 g/mol. The van der Waals surface area contributed by atoms with Crippen molar-refractivity contribution in [2.24, 2.45) is 5.14 Å². The van der Waals surface area contributed by atoms with Crippen LogP contribution in [0.1, 0.15) is 12.5 Å². The molecule has 0 radical (unpaired) electrons. The lowest BCUT2D eigenvalue weighted by Crippen LogP contribution is -2.40. The summed E-state index contributed by atoms with van der Waals surface area (Å²) in [6.07, 6.45) is 0.578. The number of carboxylic acids is 1. The summed E-state index contributed by atoms with van der Waals surface area (Å²) in [5.41, 5.74) is 1.04. The first-order valence-corrected chi connectivity index (χ1v) is 7.56. The van der Waals surface area contributed by atoms with Gasteiger partial charge < -0.3 is 10.4 Å². The summed E-state index contributed by atoms with van der Waals surface area (Å²) in [6.45, 7) is 1.13. The highest BCUT2D eigenvalue weighted by molar-refractivity contribution is 7.90. The molecule has 1 aromatic rings. The average molecular weight is 315 g/mol. The zero-order chi connectivity index (χ0) is 16.0. The summed E-state index contributed by atoms with van der Waals surface area (Å²) in [6, 6.07) is 6.24. The Labute approximate surface area is 122 Å². The highest BCUT2D eigenvalue weighted by Crippen LogP contribution is 2.17. The minimum Gasteiger partial charge on any atom is -0.480 e. The van der Waals surface area contributed by atoms with Gasteiger partial charge in [0.05, 0.1) is 5.69 Å². The number of carboxylic acid groups (broad SMARTS) is 1. The van der Waals surface area contributed by atoms with Gasteiger partial charge in [0.1, 0.15) is 6.54 Å². The molecular formula is C12H17N3O5S. The van der Waals surface area contributed by atoms with Crippen molar-refractivity contribution in [3.63, 3.8) is 0 Å². The van der Waals surface area contributed by atoms with Crippen LogP contribution in [0.3, 0.4) is 0 Å². The molecule has 1 amide bonds. The molecule has 0 heterocycles. The summed E-state index contributed by atoms with van der Waals surface area (Å²) >= 11 is 0. The number of aliphatic carboxylic acids is 1. The number of carbonyl (C=O) groups is 2. The van der Waals surface area contributed by atoms with E-state index in [1.165, 1.54) is 19.1 Å². The van der Waals surface area contributed by atoms with Crippen LogP contribution in [-0.4, -0.2) is 38.5 Å². The number of hydrogen-bond acceptors (Lipinski definition) is 4. The molecule has 8 nitrogen and oxygen atoms in total. The topological polar surface area (TPSA) is 130 Å². The van der Waals surface area contributed by atoms with Crippen molar-refractivity contribution in [2.75, 3.05) is 17.4 Å². The van der Waals surface area contributed by atoms with E-state index in [0.717, 1.165) is 5.56 Å². The van der Waals surface area contributed by atoms with E-state index in [-0.39, 0.29) is 11.6 Å². The molecule has 1 rings (SSSR count). The van der Waals surface area contributed by atoms with Crippen molar-refractivity contribution < 1.29 is 23.1 Å². The summed E-state index contributed by atoms with van der Waals surface area (Å²) in [7, 11) is -4.16. The third-order valence-corrected chi connectivity index (χ3v) is 3.55. The van der Waals surface area contributed by atoms with E-state index in [2.05, 4.69) is 5.32 Å². The van der Waals surface area contributed by atoms with Crippen LogP contribution in [0.15, 0.2) is 24.3 Å². The van der Waals surface area contributed by atoms with E-state index in [9.17, 15) is 18.0 Å². The first-order valence-electron chi connectivity index (χ1n) is 6.06. The Morgan fingerprint density at radius 1 is 1.29 bits per heavy atom. The maximum absolute atomic E-state index is 11.4. The predicted octanol–water partition coefficient (Wildman–Crippen LogP) is -0.540. The first-order chi connectivity index (χ1) is 9.70. The molecule has 0 aliphatic rings. The van der Waals surface area contributed by atoms with Gasteiger partial charge in [0, 0.05) is 13.5 Å². The molecule has 0 atom stereocenters. The van der Waals surface area contributed by atoms with Gasteiger partial charge in [0.25, 0.3) is 10.2 Å². The second-order valence-electron chi connectivity index (χ2n) is 4.34. The molecule has 116 valence electrons. The molecule has 0 aliphatic heterocycles. The minimum atomic E-state index is -4.16. The van der Waals surface area contributed by atoms with Crippen molar-refractivity contribution >= 4 is 27.8 Å². The van der Waals surface area contributed by atoms with Crippen LogP contribution < -0.4 is 14.8 Å². The molecule has 0 spiro atoms. The van der Waals surface area contributed by atoms with Gasteiger partial charge in [-0.3, -0.25) is 9.59 Å². The van der Waals surface area contributed by atoms with E-state index >= 15 is 0 Å². The molecule has 0 saturated heterocycles. The normalized spacial score (nSPS) is 11.0. The van der Waals surface area contributed by atoms with Gasteiger partial charge in [-0.2, -0.15) is 8.42 Å². The minimum absolute atomic E-state index is 0.131. The molecule has 21 heavy (non-hydrogen) atoms. The lowest BCUT2D eigenvalue weighted by Gasteiger charge is -2.19. The van der Waals surface area contributed by atoms with E-state index in [1.54, 1.807) is 12.1 Å². The number of rotatable bonds is 7. The van der Waals surface area contributed by atoms with Gasteiger partial charge in [0.2, 0.25) is 5.91 Å². The molecule has 1 aromatic carbocycles. The number of benzene rings is 1. The zero-order valence-electron chi connectivity index (χ0n) is 11.4. The van der Waals surface area contributed by atoms with Crippen LogP contribution in [0.4, 0.5) is 5.69 Å². The van der Waals surface area contributed by atoms with Crippen LogP contribution in [0, 0.1) is 0 Å². The number of nitrogens with zero attached hydrogens (tertiary/aromatic N) is 1. The maximum atomic E-state index is 11.4. The van der Waals surface area contributed by atoms with Crippen molar-refractivity contribution in [1.29, 1.82) is 0 Å². The summed E-state index contributed by atoms with van der Waals surface area (Å²) in [5.74, 6) is -1.44. The fraction of sp³-hybridized carbons (Fsp3) is 0.333. The maximum Gasteiger partial charge on any atom is 0.324 e. The van der Waals surface area contributed by atoms with Crippen molar-refractivity contribution in [2.45, 2.75) is 13.3 Å². The van der Waals surface area contributed by atoms with E-state index in [4.69, 9.17) is 10.2 Å². The standard InChI is InChI=1S/C12H17N3O5S/c1-9(16)14-7-6-10-2-4-11(5-3-10)15(8-12(17)18)21(13,19)20/h2-5H,6-8H2,1H3,(H,14,16)(H,17,18)(H2,13,19,20). The molecule has 9 heteroatoms. The fourth-order valence-electron chi connectivity index (χ4n) is 1.66. The molecule has 4 N–H and O–H groups in total. The Bertz CT molecular complexity index is 612. The quantitative estimate of drug-likeness (QED) is 0.622. The molecule has 0 aliphatic carbocycles. The summed E-state index contributed by atoms with van der Waals surface area (Å²) < 4.78 is 23.4. The van der Waals surface area contributed by atoms with Gasteiger partial charge in [0.15, 0.2) is 0 Å². The average Bonchev–Trinajstić information content (AvgIpc) is 2.35. The van der Waals surface area contributed by atoms with Gasteiger partial charge in [-0.05, 0) is 24.1 Å². The van der Waals surface area contributed by atoms with Crippen LogP contribution in [0.2, 0.25) is 0 Å². The monoisotopic (exact) mass is 315 g/mol. The fourth-order valence-corrected chi connectivity index (χ4v) is 2.37. The van der Waals surface area contributed by atoms with Crippen molar-refractivity contribution in [1.82, 2.24) is 5.32 Å². The Hall–Kier alpha value is -2.13. The van der Waals surface area contributed by atoms with Crippen LogP contribution in [0.5, 0.6) is 0 Å². The van der Waals surface area contributed by atoms with Gasteiger partial charge in [-0.15, -0.1) is 0 Å². The molecule has 0 unspecified atom stereocenters. The Morgan fingerprint density at radius 2 is 1.86 bits per heavy atom. The van der Waals surface area contributed by atoms with Crippen LogP contribution >= 0.6 is 0 Å². The van der Waals surface area contributed by atoms with Gasteiger partial charge in [-0.1, -0.05) is 12.1 Å². The number of carbonyl (C=O) groups excluding carboxylic acids is 1. The Kier molecular flexibility index (Phi) is 5.68. The lowest BCUT2D eigenvalue weighted by molar-refractivity contribution is -0.135. The van der Waals surface area contributed by atoms with Gasteiger partial charge >= 0.3 is 5.97 Å². The smallest absolute Gasteiger partial charge is 0.324 e. The SMILES string of the molecule is CC(=O)NCCc1ccc(N(CC(=O)O)S(N)(=O)=O)cc1. The van der Waals surface area contributed by atoms with Crippen molar-refractivity contribution in [3.8, 4) is 0 Å². The third kappa shape index (κ3) is 5.79. The van der Waals surface area contributed by atoms with Gasteiger partial charge in [-0.25, -0.2) is 9.44 Å². The lowest BCUT2D eigenvalue weighted by atomic mass is 10.1. The van der Waals surface area contributed by atoms with Crippen LogP contribution in [-0.2, 0) is 26.2 Å². The number of anilines is 1. The Balaban J connectivity index is 2.83. The zero-order valence-corrected chi connectivity index (χ0v) is 12.3. The Morgan fingerprint density at radius 3 is 2.29 bits per heavy atom. The number of nitrogens with two attached hydrogens (primary N) is 1. The highest BCUT2D eigenvalue weighted by Gasteiger charge is 2.20. The van der Waals surface area contributed by atoms with Crippen LogP contribution in [0.25, 0.3) is 0 Å².